The molecule has 0 aromatic carbocycles. The van der Waals surface area contributed by atoms with Gasteiger partial charge in [0, 0.05) is 24.6 Å². The Balaban J connectivity index is 0.000000293. The van der Waals surface area contributed by atoms with E-state index in [1.54, 1.807) is 6.20 Å². The summed E-state index contributed by atoms with van der Waals surface area (Å²) in [6.07, 6.45) is 10.1. The van der Waals surface area contributed by atoms with Gasteiger partial charge < -0.3 is 20.4 Å². The molecule has 166 valence electrons. The minimum atomic E-state index is -1.26. The lowest BCUT2D eigenvalue weighted by atomic mass is 9.85. The summed E-state index contributed by atoms with van der Waals surface area (Å²) < 4.78 is 1.91. The monoisotopic (exact) mass is 430 g/mol. The first-order valence-electron chi connectivity index (χ1n) is 10.3. The number of hydrogen-bond acceptors (Lipinski definition) is 7. The first-order valence-corrected chi connectivity index (χ1v) is 10.3. The Morgan fingerprint density at radius 2 is 1.71 bits per heavy atom. The molecule has 2 fully saturated rings. The molecule has 0 bridgehead atoms. The van der Waals surface area contributed by atoms with Crippen LogP contribution in [0.3, 0.4) is 0 Å². The molecule has 0 atom stereocenters. The van der Waals surface area contributed by atoms with Gasteiger partial charge in [-0.1, -0.05) is 6.42 Å². The maximum Gasteiger partial charge on any atom is 0.328 e. The molecule has 1 amide bonds. The fraction of sp³-hybridized carbons (Fsp3) is 0.500. The maximum atomic E-state index is 12.1. The van der Waals surface area contributed by atoms with Crippen molar-refractivity contribution in [3.8, 4) is 0 Å². The summed E-state index contributed by atoms with van der Waals surface area (Å²) in [6.45, 7) is 4.16. The van der Waals surface area contributed by atoms with Crippen molar-refractivity contribution in [1.82, 2.24) is 24.6 Å². The van der Waals surface area contributed by atoms with Gasteiger partial charge in [-0.15, -0.1) is 0 Å². The number of nitrogens with zero attached hydrogens (tertiary/aromatic N) is 5. The predicted molar refractivity (Wildman–Crippen MR) is 111 cm³/mol. The van der Waals surface area contributed by atoms with Crippen molar-refractivity contribution in [2.45, 2.75) is 38.6 Å². The van der Waals surface area contributed by atoms with Crippen LogP contribution in [0.4, 0.5) is 5.82 Å². The molecular formula is C20H26N6O5. The third-order valence-corrected chi connectivity index (χ3v) is 5.35. The van der Waals surface area contributed by atoms with Crippen molar-refractivity contribution < 1.29 is 24.6 Å². The summed E-state index contributed by atoms with van der Waals surface area (Å²) in [5.41, 5.74) is 0.795. The number of hydrogen-bond donors (Lipinski definition) is 3. The van der Waals surface area contributed by atoms with Gasteiger partial charge in [-0.2, -0.15) is 5.10 Å². The van der Waals surface area contributed by atoms with Gasteiger partial charge in [-0.3, -0.25) is 4.79 Å². The number of rotatable bonds is 7. The lowest BCUT2D eigenvalue weighted by molar-refractivity contribution is -0.134. The SMILES string of the molecule is O=C(Nc1ncnc2c1cnn2CCN1CCCC1)C1CCC1.O=C(O)C=CC(=O)O. The van der Waals surface area contributed by atoms with E-state index in [2.05, 4.69) is 25.3 Å². The Morgan fingerprint density at radius 3 is 2.29 bits per heavy atom. The molecule has 1 aliphatic carbocycles. The molecule has 11 nitrogen and oxygen atoms in total. The van der Waals surface area contributed by atoms with Gasteiger partial charge in [0.25, 0.3) is 0 Å². The summed E-state index contributed by atoms with van der Waals surface area (Å²) in [5, 5.41) is 23.8. The van der Waals surface area contributed by atoms with Crippen LogP contribution in [-0.2, 0) is 20.9 Å². The van der Waals surface area contributed by atoms with E-state index in [0.717, 1.165) is 43.4 Å². The fourth-order valence-electron chi connectivity index (χ4n) is 3.43. The summed E-state index contributed by atoms with van der Waals surface area (Å²) in [7, 11) is 0. The number of carboxylic acid groups (broad SMARTS) is 2. The minimum Gasteiger partial charge on any atom is -0.478 e. The highest BCUT2D eigenvalue weighted by Gasteiger charge is 2.26. The van der Waals surface area contributed by atoms with Crippen molar-refractivity contribution in [2.24, 2.45) is 5.92 Å². The number of likely N-dealkylation sites (tertiary alicyclic amines) is 1. The predicted octanol–water partition coefficient (Wildman–Crippen LogP) is 1.37. The molecule has 31 heavy (non-hydrogen) atoms. The zero-order valence-electron chi connectivity index (χ0n) is 17.1. The molecule has 2 aromatic heterocycles. The van der Waals surface area contributed by atoms with Gasteiger partial charge in [0.15, 0.2) is 5.65 Å². The lowest BCUT2D eigenvalue weighted by Crippen LogP contribution is -2.28. The van der Waals surface area contributed by atoms with Crippen molar-refractivity contribution in [3.63, 3.8) is 0 Å². The summed E-state index contributed by atoms with van der Waals surface area (Å²) in [6, 6.07) is 0. The Kier molecular flexibility index (Phi) is 7.65. The average molecular weight is 430 g/mol. The third-order valence-electron chi connectivity index (χ3n) is 5.35. The molecule has 1 saturated heterocycles. The van der Waals surface area contributed by atoms with Crippen LogP contribution in [0.5, 0.6) is 0 Å². The number of aromatic nitrogens is 4. The van der Waals surface area contributed by atoms with Crippen LogP contribution >= 0.6 is 0 Å². The molecular weight excluding hydrogens is 404 g/mol. The van der Waals surface area contributed by atoms with Crippen LogP contribution in [0.15, 0.2) is 24.7 Å². The Morgan fingerprint density at radius 1 is 1.03 bits per heavy atom. The normalized spacial score (nSPS) is 16.6. The number of carbonyl (C=O) groups excluding carboxylic acids is 1. The number of nitrogens with one attached hydrogen (secondary N) is 1. The van der Waals surface area contributed by atoms with Crippen molar-refractivity contribution in [2.75, 3.05) is 25.0 Å². The molecule has 4 rings (SSSR count). The van der Waals surface area contributed by atoms with E-state index < -0.39 is 11.9 Å². The second-order valence-corrected chi connectivity index (χ2v) is 7.50. The average Bonchev–Trinajstić information content (AvgIpc) is 3.34. The third kappa shape index (κ3) is 6.32. The number of aliphatic carboxylic acids is 2. The second kappa shape index (κ2) is 10.6. The van der Waals surface area contributed by atoms with E-state index in [1.165, 1.54) is 32.3 Å². The molecule has 3 N–H and O–H groups in total. The smallest absolute Gasteiger partial charge is 0.328 e. The van der Waals surface area contributed by atoms with Gasteiger partial charge in [0.1, 0.15) is 12.1 Å². The summed E-state index contributed by atoms with van der Waals surface area (Å²) in [4.78, 5) is 42.3. The molecule has 0 unspecified atom stereocenters. The minimum absolute atomic E-state index is 0.0704. The van der Waals surface area contributed by atoms with E-state index in [0.29, 0.717) is 18.0 Å². The van der Waals surface area contributed by atoms with Crippen LogP contribution in [0.2, 0.25) is 0 Å². The molecule has 0 spiro atoms. The summed E-state index contributed by atoms with van der Waals surface area (Å²) >= 11 is 0. The van der Waals surface area contributed by atoms with Crippen LogP contribution in [-0.4, -0.2) is 72.3 Å². The Hall–Kier alpha value is -3.34. The lowest BCUT2D eigenvalue weighted by Gasteiger charge is -2.23. The first kappa shape index (κ1) is 22.3. The molecule has 2 aliphatic rings. The van der Waals surface area contributed by atoms with Crippen LogP contribution in [0.25, 0.3) is 11.0 Å². The van der Waals surface area contributed by atoms with Gasteiger partial charge in [-0.05, 0) is 38.8 Å². The molecule has 1 aliphatic heterocycles. The number of amides is 1. The van der Waals surface area contributed by atoms with Crippen molar-refractivity contribution in [1.29, 1.82) is 0 Å². The summed E-state index contributed by atoms with van der Waals surface area (Å²) in [5.74, 6) is -1.72. The van der Waals surface area contributed by atoms with Crippen molar-refractivity contribution >= 4 is 34.7 Å². The van der Waals surface area contributed by atoms with Gasteiger partial charge in [0.05, 0.1) is 18.1 Å². The molecule has 3 heterocycles. The molecule has 0 radical (unpaired) electrons. The van der Waals surface area contributed by atoms with E-state index >= 15 is 0 Å². The van der Waals surface area contributed by atoms with Crippen molar-refractivity contribution in [3.05, 3.63) is 24.7 Å². The van der Waals surface area contributed by atoms with Crippen LogP contribution in [0, 0.1) is 5.92 Å². The highest BCUT2D eigenvalue weighted by molar-refractivity contribution is 5.99. The number of anilines is 1. The Labute approximate surface area is 178 Å². The van der Waals surface area contributed by atoms with E-state index in [-0.39, 0.29) is 11.8 Å². The largest absolute Gasteiger partial charge is 0.478 e. The van der Waals surface area contributed by atoms with Gasteiger partial charge in [-0.25, -0.2) is 24.2 Å². The van der Waals surface area contributed by atoms with E-state index in [4.69, 9.17) is 10.2 Å². The number of carboxylic acids is 2. The maximum absolute atomic E-state index is 12.1. The number of carbonyl (C=O) groups is 3. The van der Waals surface area contributed by atoms with E-state index in [1.807, 2.05) is 4.68 Å². The quantitative estimate of drug-likeness (QED) is 0.553. The molecule has 2 aromatic rings. The number of fused-ring (bicyclic) bond motifs is 1. The fourth-order valence-corrected chi connectivity index (χ4v) is 3.43. The highest BCUT2D eigenvalue weighted by atomic mass is 16.4. The Bertz CT molecular complexity index is 946. The van der Waals surface area contributed by atoms with Crippen LogP contribution in [0.1, 0.15) is 32.1 Å². The first-order chi connectivity index (χ1) is 14.9. The molecule has 1 saturated carbocycles. The van der Waals surface area contributed by atoms with Crippen LogP contribution < -0.4 is 5.32 Å². The van der Waals surface area contributed by atoms with E-state index in [9.17, 15) is 14.4 Å². The molecule has 11 heteroatoms. The second-order valence-electron chi connectivity index (χ2n) is 7.50. The standard InChI is InChI=1S/C16H22N6O.C4H4O4/c23-16(12-4-3-5-12)20-14-13-10-19-22(15(13)18-11-17-14)9-8-21-6-1-2-7-21;5-3(6)1-2-4(7)8/h10-12H,1-9H2,(H,17,18,20,23);1-2H,(H,5,6)(H,7,8). The topological polar surface area (TPSA) is 151 Å². The zero-order valence-corrected chi connectivity index (χ0v) is 17.1. The van der Waals surface area contributed by atoms with Gasteiger partial charge >= 0.3 is 11.9 Å². The highest BCUT2D eigenvalue weighted by Crippen LogP contribution is 2.28. The van der Waals surface area contributed by atoms with Gasteiger partial charge in [0.2, 0.25) is 5.91 Å². The zero-order chi connectivity index (χ0) is 22.2.